The van der Waals surface area contributed by atoms with Crippen molar-refractivity contribution in [2.24, 2.45) is 0 Å². The van der Waals surface area contributed by atoms with Crippen LogP contribution < -0.4 is 5.32 Å². The number of hydrogen-bond acceptors (Lipinski definition) is 3. The average Bonchev–Trinajstić information content (AvgIpc) is 1.81. The lowest BCUT2D eigenvalue weighted by Crippen LogP contribution is -2.40. The summed E-state index contributed by atoms with van der Waals surface area (Å²) in [6, 6.07) is -0.874. The van der Waals surface area contributed by atoms with Crippen molar-refractivity contribution in [3.8, 4) is 0 Å². The standard InChI is InChI=1S/C5H9NO3S.ClH.H2O/c1-3(7)6-4(2-10)5(8)9;;/h4,10H,2H2,1H3,(H,6,7)(H,8,9);1H;1H2. The normalized spacial score (nSPS) is 10.2. The minimum Gasteiger partial charge on any atom is -0.480 e. The summed E-state index contributed by atoms with van der Waals surface area (Å²) in [6.45, 7) is 1.26. The van der Waals surface area contributed by atoms with Gasteiger partial charge < -0.3 is 15.9 Å². The van der Waals surface area contributed by atoms with E-state index in [1.807, 2.05) is 0 Å². The summed E-state index contributed by atoms with van der Waals surface area (Å²) in [6.07, 6.45) is 0. The number of aliphatic carboxylic acids is 1. The SMILES string of the molecule is CC(=O)NC(CS)C(=O)O.Cl.O. The predicted molar refractivity (Wildman–Crippen MR) is 50.0 cm³/mol. The van der Waals surface area contributed by atoms with Gasteiger partial charge in [-0.1, -0.05) is 0 Å². The molecule has 0 aliphatic carbocycles. The average molecular weight is 218 g/mol. The number of rotatable bonds is 3. The predicted octanol–water partition coefficient (Wildman–Crippen LogP) is -0.897. The minimum absolute atomic E-state index is 0. The van der Waals surface area contributed by atoms with E-state index in [1.165, 1.54) is 6.92 Å². The molecule has 0 fully saturated rings. The van der Waals surface area contributed by atoms with E-state index in [0.29, 0.717) is 0 Å². The molecule has 0 bridgehead atoms. The van der Waals surface area contributed by atoms with Gasteiger partial charge in [0.05, 0.1) is 0 Å². The molecule has 5 nitrogen and oxygen atoms in total. The molecule has 0 aliphatic rings. The van der Waals surface area contributed by atoms with Crippen LogP contribution in [-0.2, 0) is 9.59 Å². The molecule has 0 aromatic carbocycles. The first kappa shape index (κ1) is 17.6. The van der Waals surface area contributed by atoms with E-state index < -0.39 is 12.0 Å². The fraction of sp³-hybridized carbons (Fsp3) is 0.600. The number of thiol groups is 1. The molecule has 0 rings (SSSR count). The first-order valence-electron chi connectivity index (χ1n) is 2.68. The Kier molecular flexibility index (Phi) is 12.6. The number of carbonyl (C=O) groups is 2. The highest BCUT2D eigenvalue weighted by molar-refractivity contribution is 7.80. The zero-order valence-electron chi connectivity index (χ0n) is 6.40. The van der Waals surface area contributed by atoms with Gasteiger partial charge >= 0.3 is 5.97 Å². The Hall–Kier alpha value is -0.460. The molecule has 0 saturated carbocycles. The first-order valence-corrected chi connectivity index (χ1v) is 3.32. The van der Waals surface area contributed by atoms with Gasteiger partial charge in [0.25, 0.3) is 0 Å². The van der Waals surface area contributed by atoms with E-state index in [4.69, 9.17) is 5.11 Å². The zero-order chi connectivity index (χ0) is 8.15. The second-order valence-corrected chi connectivity index (χ2v) is 2.14. The third kappa shape index (κ3) is 7.64. The summed E-state index contributed by atoms with van der Waals surface area (Å²) < 4.78 is 0. The van der Waals surface area contributed by atoms with Gasteiger partial charge in [-0.2, -0.15) is 12.6 Å². The Bertz CT molecular complexity index is 154. The molecule has 0 saturated heterocycles. The van der Waals surface area contributed by atoms with Gasteiger partial charge in [-0.25, -0.2) is 4.79 Å². The maximum atomic E-state index is 10.3. The Morgan fingerprint density at radius 3 is 2.08 bits per heavy atom. The van der Waals surface area contributed by atoms with Crippen molar-refractivity contribution >= 4 is 36.9 Å². The number of nitrogens with one attached hydrogen (secondary N) is 1. The van der Waals surface area contributed by atoms with Crippen LogP contribution in [0, 0.1) is 0 Å². The number of carbonyl (C=O) groups excluding carboxylic acids is 1. The molecule has 0 aliphatic heterocycles. The fourth-order valence-corrected chi connectivity index (χ4v) is 0.678. The van der Waals surface area contributed by atoms with E-state index in [1.54, 1.807) is 0 Å². The Balaban J connectivity index is -0.000000405. The molecule has 1 amide bonds. The third-order valence-corrected chi connectivity index (χ3v) is 1.22. The van der Waals surface area contributed by atoms with Crippen molar-refractivity contribution in [3.05, 3.63) is 0 Å². The van der Waals surface area contributed by atoms with Gasteiger partial charge in [-0.3, -0.25) is 4.79 Å². The molecular weight excluding hydrogens is 206 g/mol. The molecule has 4 N–H and O–H groups in total. The molecule has 0 aromatic rings. The Morgan fingerprint density at radius 1 is 1.58 bits per heavy atom. The van der Waals surface area contributed by atoms with Crippen molar-refractivity contribution in [2.75, 3.05) is 5.75 Å². The van der Waals surface area contributed by atoms with Gasteiger partial charge in [0.1, 0.15) is 6.04 Å². The monoisotopic (exact) mass is 217 g/mol. The largest absolute Gasteiger partial charge is 0.480 e. The topological polar surface area (TPSA) is 97.9 Å². The minimum atomic E-state index is -1.06. The molecule has 0 radical (unpaired) electrons. The van der Waals surface area contributed by atoms with Crippen LogP contribution in [0.5, 0.6) is 0 Å². The lowest BCUT2D eigenvalue weighted by atomic mass is 10.3. The highest BCUT2D eigenvalue weighted by Gasteiger charge is 2.14. The van der Waals surface area contributed by atoms with Crippen LogP contribution in [0.4, 0.5) is 0 Å². The van der Waals surface area contributed by atoms with Crippen molar-refractivity contribution in [2.45, 2.75) is 13.0 Å². The van der Waals surface area contributed by atoms with Gasteiger partial charge in [-0.05, 0) is 0 Å². The third-order valence-electron chi connectivity index (χ3n) is 0.858. The maximum Gasteiger partial charge on any atom is 0.327 e. The van der Waals surface area contributed by atoms with E-state index in [0.717, 1.165) is 0 Å². The van der Waals surface area contributed by atoms with Crippen LogP contribution in [0.2, 0.25) is 0 Å². The van der Waals surface area contributed by atoms with Crippen molar-refractivity contribution in [1.82, 2.24) is 5.32 Å². The van der Waals surface area contributed by atoms with Gasteiger partial charge in [0.15, 0.2) is 0 Å². The van der Waals surface area contributed by atoms with E-state index >= 15 is 0 Å². The molecule has 1 atom stereocenters. The molecule has 74 valence electrons. The molecular formula is C5H12ClNO4S. The zero-order valence-corrected chi connectivity index (χ0v) is 8.11. The maximum absolute atomic E-state index is 10.3. The van der Waals surface area contributed by atoms with Crippen molar-refractivity contribution < 1.29 is 20.2 Å². The second kappa shape index (κ2) is 8.63. The summed E-state index contributed by atoms with van der Waals surface area (Å²) in [5, 5.41) is 10.6. The molecule has 1 unspecified atom stereocenters. The summed E-state index contributed by atoms with van der Waals surface area (Å²) >= 11 is 3.73. The number of halogens is 1. The molecule has 0 heterocycles. The summed E-state index contributed by atoms with van der Waals surface area (Å²) in [5.41, 5.74) is 0. The van der Waals surface area contributed by atoms with Crippen LogP contribution in [0.15, 0.2) is 0 Å². The Labute approximate surface area is 81.7 Å². The van der Waals surface area contributed by atoms with Gasteiger partial charge in [-0.15, -0.1) is 12.4 Å². The number of carboxylic acids is 1. The van der Waals surface area contributed by atoms with E-state index in [9.17, 15) is 9.59 Å². The van der Waals surface area contributed by atoms with Gasteiger partial charge in [0.2, 0.25) is 5.91 Å². The van der Waals surface area contributed by atoms with Crippen molar-refractivity contribution in [1.29, 1.82) is 0 Å². The number of carboxylic acid groups (broad SMARTS) is 1. The Morgan fingerprint density at radius 2 is 2.00 bits per heavy atom. The highest BCUT2D eigenvalue weighted by atomic mass is 35.5. The number of hydrogen-bond donors (Lipinski definition) is 3. The smallest absolute Gasteiger partial charge is 0.327 e. The quantitative estimate of drug-likeness (QED) is 0.535. The second-order valence-electron chi connectivity index (χ2n) is 1.77. The van der Waals surface area contributed by atoms with E-state index in [-0.39, 0.29) is 29.5 Å². The van der Waals surface area contributed by atoms with Crippen LogP contribution >= 0.6 is 25.0 Å². The number of amides is 1. The fourth-order valence-electron chi connectivity index (χ4n) is 0.431. The summed E-state index contributed by atoms with van der Waals surface area (Å²) in [4.78, 5) is 20.5. The lowest BCUT2D eigenvalue weighted by Gasteiger charge is -2.08. The molecule has 0 spiro atoms. The first-order chi connectivity index (χ1) is 4.57. The molecule has 7 heteroatoms. The van der Waals surface area contributed by atoms with E-state index in [2.05, 4.69) is 17.9 Å². The van der Waals surface area contributed by atoms with Crippen LogP contribution in [-0.4, -0.2) is 34.3 Å². The summed E-state index contributed by atoms with van der Waals surface area (Å²) in [7, 11) is 0. The highest BCUT2D eigenvalue weighted by Crippen LogP contribution is 1.86. The van der Waals surface area contributed by atoms with Crippen LogP contribution in [0.3, 0.4) is 0 Å². The molecule has 12 heavy (non-hydrogen) atoms. The summed E-state index contributed by atoms with van der Waals surface area (Å²) in [5.74, 6) is -1.32. The van der Waals surface area contributed by atoms with Crippen LogP contribution in [0.1, 0.15) is 6.92 Å². The van der Waals surface area contributed by atoms with Crippen molar-refractivity contribution in [3.63, 3.8) is 0 Å². The molecule has 0 aromatic heterocycles. The lowest BCUT2D eigenvalue weighted by molar-refractivity contribution is -0.140. The van der Waals surface area contributed by atoms with Crippen LogP contribution in [0.25, 0.3) is 0 Å². The van der Waals surface area contributed by atoms with Gasteiger partial charge in [0, 0.05) is 12.7 Å².